The number of methoxy groups -OCH3 is 1. The Morgan fingerprint density at radius 3 is 2.62 bits per heavy atom. The predicted molar refractivity (Wildman–Crippen MR) is 71.2 cm³/mol. The molecule has 7 heteroatoms. The van der Waals surface area contributed by atoms with Crippen molar-refractivity contribution in [2.24, 2.45) is 0 Å². The van der Waals surface area contributed by atoms with Crippen LogP contribution in [0.3, 0.4) is 0 Å². The molecule has 4 nitrogen and oxygen atoms in total. The van der Waals surface area contributed by atoms with Gasteiger partial charge in [0.2, 0.25) is 5.88 Å². The third kappa shape index (κ3) is 4.87. The van der Waals surface area contributed by atoms with Gasteiger partial charge in [0.15, 0.2) is 0 Å². The van der Waals surface area contributed by atoms with E-state index in [1.165, 1.54) is 25.3 Å². The molecule has 0 aliphatic rings. The van der Waals surface area contributed by atoms with Crippen LogP contribution in [0.4, 0.5) is 18.9 Å². The molecule has 1 aromatic carbocycles. The molecule has 0 unspecified atom stereocenters. The molecule has 21 heavy (non-hydrogen) atoms. The summed E-state index contributed by atoms with van der Waals surface area (Å²) in [5.74, 6) is 0.246. The van der Waals surface area contributed by atoms with Gasteiger partial charge in [0.25, 0.3) is 0 Å². The second kappa shape index (κ2) is 6.34. The molecule has 0 aliphatic heterocycles. The molecule has 1 N–H and O–H groups in total. The molecule has 0 spiro atoms. The number of ether oxygens (including phenoxy) is 2. The van der Waals surface area contributed by atoms with E-state index in [9.17, 15) is 13.2 Å². The number of anilines is 1. The zero-order valence-electron chi connectivity index (χ0n) is 11.1. The molecule has 0 saturated carbocycles. The molecule has 0 atom stereocenters. The van der Waals surface area contributed by atoms with E-state index in [1.807, 2.05) is 0 Å². The summed E-state index contributed by atoms with van der Waals surface area (Å²) in [4.78, 5) is 4.02. The van der Waals surface area contributed by atoms with E-state index in [2.05, 4.69) is 15.0 Å². The van der Waals surface area contributed by atoms with Crippen molar-refractivity contribution in [3.63, 3.8) is 0 Å². The minimum atomic E-state index is -4.69. The molecule has 0 radical (unpaired) electrons. The fourth-order valence-corrected chi connectivity index (χ4v) is 1.66. The van der Waals surface area contributed by atoms with Gasteiger partial charge in [0.1, 0.15) is 5.75 Å². The number of hydrogen-bond donors (Lipinski definition) is 1. The molecular weight excluding hydrogens is 285 g/mol. The second-order valence-electron chi connectivity index (χ2n) is 4.14. The largest absolute Gasteiger partial charge is 0.573 e. The monoisotopic (exact) mass is 298 g/mol. The van der Waals surface area contributed by atoms with E-state index < -0.39 is 6.36 Å². The van der Waals surface area contributed by atoms with E-state index in [-0.39, 0.29) is 5.75 Å². The highest BCUT2D eigenvalue weighted by Gasteiger charge is 2.31. The van der Waals surface area contributed by atoms with Crippen molar-refractivity contribution in [3.8, 4) is 11.6 Å². The number of rotatable bonds is 5. The summed E-state index contributed by atoms with van der Waals surface area (Å²) in [7, 11) is 1.52. The topological polar surface area (TPSA) is 43.4 Å². The van der Waals surface area contributed by atoms with E-state index in [0.29, 0.717) is 18.0 Å². The number of alkyl halides is 3. The first-order valence-corrected chi connectivity index (χ1v) is 6.05. The quantitative estimate of drug-likeness (QED) is 0.916. The van der Waals surface area contributed by atoms with Crippen LogP contribution in [-0.4, -0.2) is 18.5 Å². The SMILES string of the molecule is COc1ccc(NCc2cccc(OC(F)(F)F)c2)cn1. The minimum absolute atomic E-state index is 0.241. The minimum Gasteiger partial charge on any atom is -0.481 e. The van der Waals surface area contributed by atoms with Crippen LogP contribution in [0, 0.1) is 0 Å². The van der Waals surface area contributed by atoms with E-state index in [0.717, 1.165) is 5.69 Å². The van der Waals surface area contributed by atoms with Gasteiger partial charge in [-0.25, -0.2) is 4.98 Å². The zero-order valence-corrected chi connectivity index (χ0v) is 11.1. The van der Waals surface area contributed by atoms with Crippen LogP contribution in [0.5, 0.6) is 11.6 Å². The molecule has 0 saturated heterocycles. The first kappa shape index (κ1) is 15.0. The summed E-state index contributed by atoms with van der Waals surface area (Å²) in [5, 5.41) is 3.05. The third-order valence-corrected chi connectivity index (χ3v) is 2.57. The Hall–Kier alpha value is -2.44. The van der Waals surface area contributed by atoms with Gasteiger partial charge in [-0.05, 0) is 23.8 Å². The van der Waals surface area contributed by atoms with E-state index >= 15 is 0 Å². The number of nitrogens with zero attached hydrogens (tertiary/aromatic N) is 1. The van der Waals surface area contributed by atoms with Crippen molar-refractivity contribution in [3.05, 3.63) is 48.2 Å². The van der Waals surface area contributed by atoms with Gasteiger partial charge in [-0.2, -0.15) is 0 Å². The number of hydrogen-bond acceptors (Lipinski definition) is 4. The summed E-state index contributed by atoms with van der Waals surface area (Å²) in [6, 6.07) is 9.24. The smallest absolute Gasteiger partial charge is 0.481 e. The molecule has 2 rings (SSSR count). The first-order valence-electron chi connectivity index (χ1n) is 6.05. The maximum atomic E-state index is 12.1. The standard InChI is InChI=1S/C14H13F3N2O2/c1-20-13-6-5-11(9-19-13)18-8-10-3-2-4-12(7-10)21-14(15,16)17/h2-7,9,18H,8H2,1H3. The van der Waals surface area contributed by atoms with Crippen molar-refractivity contribution in [1.82, 2.24) is 4.98 Å². The molecule has 0 fully saturated rings. The lowest BCUT2D eigenvalue weighted by Gasteiger charge is -2.11. The van der Waals surface area contributed by atoms with Gasteiger partial charge < -0.3 is 14.8 Å². The van der Waals surface area contributed by atoms with Crippen LogP contribution in [0.25, 0.3) is 0 Å². The highest BCUT2D eigenvalue weighted by Crippen LogP contribution is 2.23. The summed E-state index contributed by atoms with van der Waals surface area (Å²) in [6.07, 6.45) is -3.11. The van der Waals surface area contributed by atoms with Crippen LogP contribution in [0.1, 0.15) is 5.56 Å². The number of pyridine rings is 1. The average molecular weight is 298 g/mol. The lowest BCUT2D eigenvalue weighted by molar-refractivity contribution is -0.274. The van der Waals surface area contributed by atoms with Crippen LogP contribution in [0.2, 0.25) is 0 Å². The Morgan fingerprint density at radius 1 is 1.19 bits per heavy atom. The Kier molecular flexibility index (Phi) is 4.52. The Labute approximate surface area is 119 Å². The number of benzene rings is 1. The fourth-order valence-electron chi connectivity index (χ4n) is 1.66. The van der Waals surface area contributed by atoms with Crippen molar-refractivity contribution in [2.75, 3.05) is 12.4 Å². The normalized spacial score (nSPS) is 11.0. The average Bonchev–Trinajstić information content (AvgIpc) is 2.44. The Bertz CT molecular complexity index is 586. The van der Waals surface area contributed by atoms with Crippen LogP contribution >= 0.6 is 0 Å². The van der Waals surface area contributed by atoms with Crippen LogP contribution in [-0.2, 0) is 6.54 Å². The second-order valence-corrected chi connectivity index (χ2v) is 4.14. The fraction of sp³-hybridized carbons (Fsp3) is 0.214. The van der Waals surface area contributed by atoms with Gasteiger partial charge in [-0.3, -0.25) is 0 Å². The van der Waals surface area contributed by atoms with Gasteiger partial charge in [-0.15, -0.1) is 13.2 Å². The number of nitrogens with one attached hydrogen (secondary N) is 1. The van der Waals surface area contributed by atoms with E-state index in [4.69, 9.17) is 4.74 Å². The molecule has 1 aromatic heterocycles. The zero-order chi connectivity index (χ0) is 15.3. The molecule has 2 aromatic rings. The predicted octanol–water partition coefficient (Wildman–Crippen LogP) is 3.60. The van der Waals surface area contributed by atoms with Crippen molar-refractivity contribution < 1.29 is 22.6 Å². The van der Waals surface area contributed by atoms with Crippen LogP contribution in [0.15, 0.2) is 42.6 Å². The first-order chi connectivity index (χ1) is 9.96. The lowest BCUT2D eigenvalue weighted by Crippen LogP contribution is -2.17. The summed E-state index contributed by atoms with van der Waals surface area (Å²) in [5.41, 5.74) is 1.39. The van der Waals surface area contributed by atoms with Crippen molar-refractivity contribution in [1.29, 1.82) is 0 Å². The summed E-state index contributed by atoms with van der Waals surface area (Å²) >= 11 is 0. The molecule has 1 heterocycles. The van der Waals surface area contributed by atoms with Gasteiger partial charge >= 0.3 is 6.36 Å². The van der Waals surface area contributed by atoms with Crippen LogP contribution < -0.4 is 14.8 Å². The Balaban J connectivity index is 1.97. The highest BCUT2D eigenvalue weighted by atomic mass is 19.4. The third-order valence-electron chi connectivity index (χ3n) is 2.57. The summed E-state index contributed by atoms with van der Waals surface area (Å²) < 4.78 is 45.2. The van der Waals surface area contributed by atoms with Crippen molar-refractivity contribution >= 4 is 5.69 Å². The number of aromatic nitrogens is 1. The van der Waals surface area contributed by atoms with E-state index in [1.54, 1.807) is 24.4 Å². The lowest BCUT2D eigenvalue weighted by atomic mass is 10.2. The molecule has 112 valence electrons. The van der Waals surface area contributed by atoms with Gasteiger partial charge in [-0.1, -0.05) is 12.1 Å². The van der Waals surface area contributed by atoms with Gasteiger partial charge in [0.05, 0.1) is 19.0 Å². The molecule has 0 bridgehead atoms. The molecule has 0 amide bonds. The molecular formula is C14H13F3N2O2. The van der Waals surface area contributed by atoms with Gasteiger partial charge in [0, 0.05) is 12.6 Å². The number of halogens is 3. The molecule has 0 aliphatic carbocycles. The summed E-state index contributed by atoms with van der Waals surface area (Å²) in [6.45, 7) is 0.350. The Morgan fingerprint density at radius 2 is 2.00 bits per heavy atom. The highest BCUT2D eigenvalue weighted by molar-refractivity contribution is 5.43. The van der Waals surface area contributed by atoms with Crippen molar-refractivity contribution in [2.45, 2.75) is 12.9 Å². The maximum absolute atomic E-state index is 12.1. The maximum Gasteiger partial charge on any atom is 0.573 e.